The monoisotopic (exact) mass is 328 g/mol. The molecule has 0 amide bonds. The third kappa shape index (κ3) is 4.37. The number of nitrogens with one attached hydrogen (secondary N) is 2. The molecule has 0 aliphatic rings. The van der Waals surface area contributed by atoms with Gasteiger partial charge in [-0.25, -0.2) is 13.1 Å². The SMILES string of the molecule is CCc1ccc(CNS(=O)(=O)c2cnn(CCNC)c2)s1. The average Bonchev–Trinajstić information content (AvgIpc) is 3.12. The summed E-state index contributed by atoms with van der Waals surface area (Å²) >= 11 is 1.63. The number of rotatable bonds is 8. The van der Waals surface area contributed by atoms with Crippen molar-refractivity contribution in [3.05, 3.63) is 34.3 Å². The van der Waals surface area contributed by atoms with Crippen molar-refractivity contribution in [2.75, 3.05) is 13.6 Å². The van der Waals surface area contributed by atoms with Gasteiger partial charge >= 0.3 is 0 Å². The molecule has 2 heterocycles. The molecule has 6 nitrogen and oxygen atoms in total. The topological polar surface area (TPSA) is 76.0 Å². The van der Waals surface area contributed by atoms with Crippen molar-refractivity contribution >= 4 is 21.4 Å². The van der Waals surface area contributed by atoms with E-state index in [4.69, 9.17) is 0 Å². The van der Waals surface area contributed by atoms with E-state index in [1.165, 1.54) is 11.1 Å². The first-order valence-electron chi connectivity index (χ1n) is 6.79. The van der Waals surface area contributed by atoms with Crippen LogP contribution in [0.4, 0.5) is 0 Å². The Hall–Kier alpha value is -1.22. The van der Waals surface area contributed by atoms with E-state index >= 15 is 0 Å². The fourth-order valence-electron chi connectivity index (χ4n) is 1.79. The smallest absolute Gasteiger partial charge is 0.244 e. The predicted molar refractivity (Wildman–Crippen MR) is 83.9 cm³/mol. The number of aromatic nitrogens is 2. The molecule has 2 aromatic heterocycles. The lowest BCUT2D eigenvalue weighted by Crippen LogP contribution is -2.22. The van der Waals surface area contributed by atoms with Crippen molar-refractivity contribution in [1.82, 2.24) is 19.8 Å². The molecule has 8 heteroatoms. The van der Waals surface area contributed by atoms with Gasteiger partial charge in [-0.15, -0.1) is 11.3 Å². The van der Waals surface area contributed by atoms with E-state index < -0.39 is 10.0 Å². The summed E-state index contributed by atoms with van der Waals surface area (Å²) in [6, 6.07) is 3.99. The molecule has 0 saturated carbocycles. The Kier molecular flexibility index (Phi) is 5.51. The first kappa shape index (κ1) is 16.2. The second kappa shape index (κ2) is 7.17. The number of likely N-dealkylation sites (N-methyl/N-ethyl adjacent to an activating group) is 1. The van der Waals surface area contributed by atoms with Gasteiger partial charge in [-0.2, -0.15) is 5.10 Å². The minimum Gasteiger partial charge on any atom is -0.318 e. The van der Waals surface area contributed by atoms with Crippen LogP contribution in [0.2, 0.25) is 0 Å². The molecule has 0 atom stereocenters. The van der Waals surface area contributed by atoms with Crippen LogP contribution in [0.25, 0.3) is 0 Å². The Morgan fingerprint density at radius 3 is 2.76 bits per heavy atom. The van der Waals surface area contributed by atoms with Crippen LogP contribution in [0.15, 0.2) is 29.4 Å². The van der Waals surface area contributed by atoms with Gasteiger partial charge in [0.15, 0.2) is 0 Å². The lowest BCUT2D eigenvalue weighted by molar-refractivity contribution is 0.576. The Morgan fingerprint density at radius 1 is 1.33 bits per heavy atom. The summed E-state index contributed by atoms with van der Waals surface area (Å²) in [7, 11) is -1.67. The molecule has 0 spiro atoms. The predicted octanol–water partition coefficient (Wildman–Crippen LogP) is 1.20. The van der Waals surface area contributed by atoms with E-state index in [2.05, 4.69) is 22.1 Å². The van der Waals surface area contributed by atoms with Crippen LogP contribution in [-0.2, 0) is 29.5 Å². The van der Waals surface area contributed by atoms with Crippen LogP contribution in [0, 0.1) is 0 Å². The van der Waals surface area contributed by atoms with Gasteiger partial charge < -0.3 is 5.32 Å². The number of nitrogens with zero attached hydrogens (tertiary/aromatic N) is 2. The van der Waals surface area contributed by atoms with Crippen molar-refractivity contribution in [3.8, 4) is 0 Å². The van der Waals surface area contributed by atoms with E-state index in [1.54, 1.807) is 22.2 Å². The summed E-state index contributed by atoms with van der Waals surface area (Å²) < 4.78 is 28.6. The van der Waals surface area contributed by atoms with Gasteiger partial charge in [0.25, 0.3) is 0 Å². The first-order chi connectivity index (χ1) is 10.0. The Labute approximate surface area is 129 Å². The maximum Gasteiger partial charge on any atom is 0.244 e. The molecule has 116 valence electrons. The maximum absolute atomic E-state index is 12.2. The van der Waals surface area contributed by atoms with E-state index in [0.29, 0.717) is 13.1 Å². The summed E-state index contributed by atoms with van der Waals surface area (Å²) in [5, 5.41) is 7.05. The molecule has 0 radical (unpaired) electrons. The standard InChI is InChI=1S/C13H20N4O2S2/c1-3-11-4-5-12(20-11)8-16-21(18,19)13-9-15-17(10-13)7-6-14-2/h4-5,9-10,14,16H,3,6-8H2,1-2H3. The summed E-state index contributed by atoms with van der Waals surface area (Å²) in [5.41, 5.74) is 0. The van der Waals surface area contributed by atoms with Crippen LogP contribution in [-0.4, -0.2) is 31.8 Å². The third-order valence-corrected chi connectivity index (χ3v) is 5.60. The molecular formula is C13H20N4O2S2. The molecule has 0 aliphatic heterocycles. The second-order valence-electron chi connectivity index (χ2n) is 4.59. The highest BCUT2D eigenvalue weighted by Crippen LogP contribution is 2.17. The Morgan fingerprint density at radius 2 is 2.10 bits per heavy atom. The van der Waals surface area contributed by atoms with Crippen molar-refractivity contribution in [1.29, 1.82) is 0 Å². The number of hydrogen-bond acceptors (Lipinski definition) is 5. The Balaban J connectivity index is 1.99. The van der Waals surface area contributed by atoms with Gasteiger partial charge in [0.1, 0.15) is 4.90 Å². The highest BCUT2D eigenvalue weighted by Gasteiger charge is 2.16. The largest absolute Gasteiger partial charge is 0.318 e. The number of sulfonamides is 1. The molecule has 2 N–H and O–H groups in total. The lowest BCUT2D eigenvalue weighted by atomic mass is 10.4. The third-order valence-electron chi connectivity index (χ3n) is 3.01. The van der Waals surface area contributed by atoms with E-state index in [-0.39, 0.29) is 4.90 Å². The molecule has 0 aliphatic carbocycles. The summed E-state index contributed by atoms with van der Waals surface area (Å²) in [6.07, 6.45) is 3.89. The minimum atomic E-state index is -3.51. The minimum absolute atomic E-state index is 0.200. The first-order valence-corrected chi connectivity index (χ1v) is 9.09. The number of hydrogen-bond donors (Lipinski definition) is 2. The van der Waals surface area contributed by atoms with Crippen molar-refractivity contribution < 1.29 is 8.42 Å². The van der Waals surface area contributed by atoms with Gasteiger partial charge in [0, 0.05) is 29.0 Å². The molecule has 0 saturated heterocycles. The molecule has 2 rings (SSSR count). The average molecular weight is 328 g/mol. The van der Waals surface area contributed by atoms with Crippen LogP contribution in [0.5, 0.6) is 0 Å². The zero-order chi connectivity index (χ0) is 15.3. The van der Waals surface area contributed by atoms with Crippen LogP contribution in [0.3, 0.4) is 0 Å². The van der Waals surface area contributed by atoms with Gasteiger partial charge in [-0.05, 0) is 25.6 Å². The summed E-state index contributed by atoms with van der Waals surface area (Å²) in [5.74, 6) is 0. The van der Waals surface area contributed by atoms with E-state index in [9.17, 15) is 8.42 Å². The highest BCUT2D eigenvalue weighted by atomic mass is 32.2. The van der Waals surface area contributed by atoms with Crippen molar-refractivity contribution in [2.45, 2.75) is 31.3 Å². The molecule has 0 bridgehead atoms. The van der Waals surface area contributed by atoms with Gasteiger partial charge in [0.05, 0.1) is 12.7 Å². The van der Waals surface area contributed by atoms with Gasteiger partial charge in [-0.3, -0.25) is 4.68 Å². The van der Waals surface area contributed by atoms with Gasteiger partial charge in [0.2, 0.25) is 10.0 Å². The normalized spacial score (nSPS) is 11.9. The van der Waals surface area contributed by atoms with Crippen LogP contribution >= 0.6 is 11.3 Å². The molecule has 2 aromatic rings. The summed E-state index contributed by atoms with van der Waals surface area (Å²) in [4.78, 5) is 2.47. The quantitative estimate of drug-likeness (QED) is 0.763. The Bertz CT molecular complexity index is 676. The molecule has 0 aromatic carbocycles. The number of thiophene rings is 1. The molecule has 0 unspecified atom stereocenters. The van der Waals surface area contributed by atoms with Crippen molar-refractivity contribution in [3.63, 3.8) is 0 Å². The maximum atomic E-state index is 12.2. The van der Waals surface area contributed by atoms with Crippen LogP contribution in [0.1, 0.15) is 16.7 Å². The zero-order valence-corrected chi connectivity index (χ0v) is 13.8. The van der Waals surface area contributed by atoms with Gasteiger partial charge in [-0.1, -0.05) is 6.92 Å². The van der Waals surface area contributed by atoms with Crippen molar-refractivity contribution in [2.24, 2.45) is 0 Å². The highest BCUT2D eigenvalue weighted by molar-refractivity contribution is 7.89. The zero-order valence-electron chi connectivity index (χ0n) is 12.2. The van der Waals surface area contributed by atoms with E-state index in [1.807, 2.05) is 19.2 Å². The number of aryl methyl sites for hydroxylation is 1. The fraction of sp³-hybridized carbons (Fsp3) is 0.462. The second-order valence-corrected chi connectivity index (χ2v) is 7.61. The lowest BCUT2D eigenvalue weighted by Gasteiger charge is -2.03. The summed E-state index contributed by atoms with van der Waals surface area (Å²) in [6.45, 7) is 3.77. The fourth-order valence-corrected chi connectivity index (χ4v) is 3.74. The van der Waals surface area contributed by atoms with E-state index in [0.717, 1.165) is 17.8 Å². The molecule has 21 heavy (non-hydrogen) atoms. The van der Waals surface area contributed by atoms with Crippen LogP contribution < -0.4 is 10.0 Å². The molecular weight excluding hydrogens is 308 g/mol. The molecule has 0 fully saturated rings.